The summed E-state index contributed by atoms with van der Waals surface area (Å²) in [6.45, 7) is 13.9. The van der Waals surface area contributed by atoms with Crippen LogP contribution in [0.5, 0.6) is 0 Å². The Morgan fingerprint density at radius 1 is 1.00 bits per heavy atom. The first kappa shape index (κ1) is 29.7. The number of hydrogen-bond acceptors (Lipinski definition) is 0. The minimum Gasteiger partial charge on any atom is -1.00 e. The Morgan fingerprint density at radius 2 is 1.56 bits per heavy atom. The van der Waals surface area contributed by atoms with E-state index in [1.54, 1.807) is 20.2 Å². The van der Waals surface area contributed by atoms with E-state index in [9.17, 15) is 0 Å². The number of aryl methyl sites for hydroxylation is 3. The van der Waals surface area contributed by atoms with E-state index >= 15 is 0 Å². The SMILES string of the molecule is CCCCCC1=[C]([Ti+3])C(C(C)C)=C([SiH2]c2c(C)cc(C)cc2C)C1.[Cl-].[Cl-].[Cl-]. The molecule has 0 heterocycles. The molecule has 0 radical (unpaired) electrons. The molecule has 27 heavy (non-hydrogen) atoms. The topological polar surface area (TPSA) is 0 Å². The third kappa shape index (κ3) is 7.68. The van der Waals surface area contributed by atoms with Gasteiger partial charge in [-0.3, -0.25) is 0 Å². The Hall–Kier alpha value is 0.501. The quantitative estimate of drug-likeness (QED) is 0.277. The summed E-state index contributed by atoms with van der Waals surface area (Å²) in [6, 6.07) is 4.75. The molecule has 0 aliphatic heterocycles. The van der Waals surface area contributed by atoms with Crippen molar-refractivity contribution in [2.75, 3.05) is 0 Å². The van der Waals surface area contributed by atoms with E-state index in [-0.39, 0.29) is 46.7 Å². The van der Waals surface area contributed by atoms with Crippen LogP contribution < -0.4 is 42.4 Å². The maximum atomic E-state index is 2.40. The summed E-state index contributed by atoms with van der Waals surface area (Å²) in [5, 5.41) is 3.51. The molecule has 0 bridgehead atoms. The number of halogens is 3. The molecule has 0 aromatic heterocycles. The van der Waals surface area contributed by atoms with Gasteiger partial charge >= 0.3 is 164 Å². The van der Waals surface area contributed by atoms with Gasteiger partial charge in [0.25, 0.3) is 0 Å². The van der Waals surface area contributed by atoms with Gasteiger partial charge in [0.1, 0.15) is 0 Å². The molecule has 0 N–H and O–H groups in total. The summed E-state index contributed by atoms with van der Waals surface area (Å²) in [6.07, 6.45) is 6.66. The van der Waals surface area contributed by atoms with E-state index in [4.69, 9.17) is 0 Å². The van der Waals surface area contributed by atoms with Crippen LogP contribution in [-0.2, 0) is 20.4 Å². The van der Waals surface area contributed by atoms with Crippen molar-refractivity contribution >= 4 is 14.7 Å². The molecule has 0 spiro atoms. The fraction of sp³-hybridized carbons (Fsp3) is 0.545. The summed E-state index contributed by atoms with van der Waals surface area (Å²) in [5.74, 6) is 0.669. The van der Waals surface area contributed by atoms with Gasteiger partial charge in [0.05, 0.1) is 0 Å². The molecule has 2 rings (SSSR count). The average Bonchev–Trinajstić information content (AvgIpc) is 2.79. The Bertz CT molecular complexity index is 655. The summed E-state index contributed by atoms with van der Waals surface area (Å²) in [4.78, 5) is 0. The molecular formula is C22H33Cl3SiTi. The largest absolute Gasteiger partial charge is 1.00 e. The van der Waals surface area contributed by atoms with Crippen LogP contribution in [0.15, 0.2) is 32.4 Å². The second kappa shape index (κ2) is 13.7. The van der Waals surface area contributed by atoms with E-state index in [1.807, 2.05) is 5.20 Å². The number of rotatable bonds is 7. The van der Waals surface area contributed by atoms with Crippen molar-refractivity contribution in [1.82, 2.24) is 0 Å². The Balaban J connectivity index is 0. The first-order valence-electron chi connectivity index (χ1n) is 9.57. The number of hydrogen-bond donors (Lipinski definition) is 0. The summed E-state index contributed by atoms with van der Waals surface area (Å²) < 4.78 is 1.64. The van der Waals surface area contributed by atoms with Crippen molar-refractivity contribution in [2.24, 2.45) is 5.92 Å². The third-order valence-electron chi connectivity index (χ3n) is 5.32. The van der Waals surface area contributed by atoms with Crippen LogP contribution in [0.4, 0.5) is 0 Å². The van der Waals surface area contributed by atoms with Gasteiger partial charge in [-0.1, -0.05) is 0 Å². The average molecular weight is 480 g/mol. The zero-order chi connectivity index (χ0) is 17.9. The number of benzene rings is 1. The molecular weight excluding hydrogens is 447 g/mol. The van der Waals surface area contributed by atoms with Crippen molar-refractivity contribution in [2.45, 2.75) is 73.6 Å². The van der Waals surface area contributed by atoms with Crippen LogP contribution in [-0.4, -0.2) is 9.52 Å². The first-order valence-corrected chi connectivity index (χ1v) is 11.8. The van der Waals surface area contributed by atoms with Crippen molar-refractivity contribution < 1.29 is 57.7 Å². The van der Waals surface area contributed by atoms with Crippen molar-refractivity contribution in [3.8, 4) is 0 Å². The second-order valence-corrected chi connectivity index (χ2v) is 10.5. The molecule has 0 amide bonds. The summed E-state index contributed by atoms with van der Waals surface area (Å²) in [5.41, 5.74) is 7.91. The molecule has 0 fully saturated rings. The van der Waals surface area contributed by atoms with Gasteiger partial charge in [-0.25, -0.2) is 0 Å². The van der Waals surface area contributed by atoms with Gasteiger partial charge in [0.2, 0.25) is 0 Å². The number of allylic oxidation sites excluding steroid dienone is 4. The summed E-state index contributed by atoms with van der Waals surface area (Å²) in [7, 11) is -0.353. The molecule has 1 aliphatic carbocycles. The monoisotopic (exact) mass is 478 g/mol. The Kier molecular flexibility index (Phi) is 15.0. The van der Waals surface area contributed by atoms with Crippen LogP contribution in [0.1, 0.15) is 69.6 Å². The summed E-state index contributed by atoms with van der Waals surface area (Å²) >= 11 is 2.40. The van der Waals surface area contributed by atoms with Crippen LogP contribution in [0.2, 0.25) is 0 Å². The molecule has 5 heteroatoms. The predicted molar refractivity (Wildman–Crippen MR) is 106 cm³/mol. The molecule has 0 unspecified atom stereocenters. The maximum Gasteiger partial charge on any atom is -1.00 e. The molecule has 0 atom stereocenters. The normalized spacial score (nSPS) is 14.0. The van der Waals surface area contributed by atoms with Gasteiger partial charge in [-0.15, -0.1) is 0 Å². The van der Waals surface area contributed by atoms with Crippen LogP contribution in [0.25, 0.3) is 0 Å². The van der Waals surface area contributed by atoms with E-state index in [1.165, 1.54) is 48.8 Å². The molecule has 1 aromatic rings. The zero-order valence-electron chi connectivity index (χ0n) is 17.6. The zero-order valence-corrected chi connectivity index (χ0v) is 22.9. The van der Waals surface area contributed by atoms with Crippen LogP contribution in [0, 0.1) is 26.7 Å². The third-order valence-corrected chi connectivity index (χ3v) is 8.82. The predicted octanol–water partition coefficient (Wildman–Crippen LogP) is -3.89. The van der Waals surface area contributed by atoms with Gasteiger partial charge in [-0.05, 0) is 0 Å². The maximum absolute atomic E-state index is 2.40. The van der Waals surface area contributed by atoms with Gasteiger partial charge in [0, 0.05) is 0 Å². The Labute approximate surface area is 199 Å². The van der Waals surface area contributed by atoms with Crippen molar-refractivity contribution in [3.63, 3.8) is 0 Å². The molecule has 150 valence electrons. The van der Waals surface area contributed by atoms with Crippen molar-refractivity contribution in [3.05, 3.63) is 49.0 Å². The minimum absolute atomic E-state index is 0. The molecule has 0 saturated heterocycles. The molecule has 1 aliphatic rings. The minimum atomic E-state index is -0.353. The Morgan fingerprint density at radius 3 is 2.04 bits per heavy atom. The van der Waals surface area contributed by atoms with E-state index < -0.39 is 0 Å². The standard InChI is InChI=1S/C22H33Si.3ClH.Ti/c1-7-8-9-10-19-13-20(15(2)3)21(14-19)23-22-17(5)11-16(4)12-18(22)6;;;;/h11-12,15H,7-10,14,23H2,1-6H3;3*1H;/q;;;;+3/p-3. The van der Waals surface area contributed by atoms with E-state index in [0.717, 1.165) is 0 Å². The van der Waals surface area contributed by atoms with Gasteiger partial charge < -0.3 is 37.2 Å². The van der Waals surface area contributed by atoms with Gasteiger partial charge in [0.15, 0.2) is 0 Å². The van der Waals surface area contributed by atoms with Crippen LogP contribution in [0.3, 0.4) is 0 Å². The molecule has 1 aromatic carbocycles. The van der Waals surface area contributed by atoms with Gasteiger partial charge in [-0.2, -0.15) is 0 Å². The van der Waals surface area contributed by atoms with E-state index in [0.29, 0.717) is 5.92 Å². The first-order chi connectivity index (χ1) is 11.3. The fourth-order valence-corrected chi connectivity index (χ4v) is 7.89. The molecule has 0 nitrogen and oxygen atoms in total. The second-order valence-electron chi connectivity index (χ2n) is 7.84. The van der Waals surface area contributed by atoms with E-state index in [2.05, 4.69) is 74.1 Å². The smallest absolute Gasteiger partial charge is 1.00 e. The molecule has 0 saturated carbocycles. The number of unbranched alkanes of at least 4 members (excludes halogenated alkanes) is 2. The fourth-order valence-electron chi connectivity index (χ4n) is 4.17. The van der Waals surface area contributed by atoms with Crippen molar-refractivity contribution in [1.29, 1.82) is 0 Å². The van der Waals surface area contributed by atoms with Crippen LogP contribution >= 0.6 is 0 Å².